The van der Waals surface area contributed by atoms with Crippen molar-refractivity contribution in [1.29, 1.82) is 0 Å². The monoisotopic (exact) mass is 418 g/mol. The summed E-state index contributed by atoms with van der Waals surface area (Å²) in [4.78, 5) is 4.56. The summed E-state index contributed by atoms with van der Waals surface area (Å²) in [6.45, 7) is 6.02. The molecular formula is C12H27IN4O2S. The molecule has 1 aliphatic rings. The number of nitrogens with one attached hydrogen (secondary N) is 2. The van der Waals surface area contributed by atoms with Crippen molar-refractivity contribution in [3.8, 4) is 0 Å². The Bertz CT molecular complexity index is 402. The molecule has 0 atom stereocenters. The molecule has 20 heavy (non-hydrogen) atoms. The van der Waals surface area contributed by atoms with Crippen molar-refractivity contribution in [2.45, 2.75) is 39.5 Å². The molecule has 0 saturated heterocycles. The predicted octanol–water partition coefficient (Wildman–Crippen LogP) is 1.03. The summed E-state index contributed by atoms with van der Waals surface area (Å²) < 4.78 is 21.7. The van der Waals surface area contributed by atoms with Gasteiger partial charge >= 0.3 is 0 Å². The van der Waals surface area contributed by atoms with Gasteiger partial charge in [0.05, 0.1) is 5.75 Å². The van der Waals surface area contributed by atoms with Crippen molar-refractivity contribution in [2.75, 3.05) is 25.4 Å². The van der Waals surface area contributed by atoms with Crippen LogP contribution in [0.1, 0.15) is 39.5 Å². The number of primary sulfonamides is 1. The highest BCUT2D eigenvalue weighted by atomic mass is 127. The van der Waals surface area contributed by atoms with E-state index in [1.807, 2.05) is 6.92 Å². The topological polar surface area (TPSA) is 96.6 Å². The number of aliphatic imine (C=N–C) groups is 1. The molecule has 0 aliphatic heterocycles. The van der Waals surface area contributed by atoms with Gasteiger partial charge in [0, 0.05) is 19.6 Å². The van der Waals surface area contributed by atoms with E-state index in [2.05, 4.69) is 22.5 Å². The first-order valence-electron chi connectivity index (χ1n) is 6.93. The molecule has 0 bridgehead atoms. The molecule has 1 rings (SSSR count). The lowest BCUT2D eigenvalue weighted by Crippen LogP contribution is -2.42. The number of nitrogens with zero attached hydrogens (tertiary/aromatic N) is 1. The molecule has 120 valence electrons. The molecule has 0 aromatic rings. The first-order valence-corrected chi connectivity index (χ1v) is 8.65. The molecule has 4 N–H and O–H groups in total. The first-order chi connectivity index (χ1) is 8.91. The van der Waals surface area contributed by atoms with Gasteiger partial charge in [0.25, 0.3) is 0 Å². The number of rotatable bonds is 7. The van der Waals surface area contributed by atoms with Crippen LogP contribution in [-0.2, 0) is 10.0 Å². The number of hydrogen-bond acceptors (Lipinski definition) is 3. The maximum absolute atomic E-state index is 10.9. The first kappa shape index (κ1) is 19.9. The van der Waals surface area contributed by atoms with Gasteiger partial charge in [-0.25, -0.2) is 13.6 Å². The van der Waals surface area contributed by atoms with Crippen LogP contribution in [0.5, 0.6) is 0 Å². The molecule has 1 saturated carbocycles. The zero-order chi connectivity index (χ0) is 14.4. The lowest BCUT2D eigenvalue weighted by molar-refractivity contribution is 0.139. The van der Waals surface area contributed by atoms with Gasteiger partial charge in [-0.2, -0.15) is 0 Å². The Morgan fingerprint density at radius 2 is 1.95 bits per heavy atom. The minimum absolute atomic E-state index is 0. The smallest absolute Gasteiger partial charge is 0.210 e. The fourth-order valence-corrected chi connectivity index (χ4v) is 2.59. The molecular weight excluding hydrogens is 391 g/mol. The Labute approximate surface area is 139 Å². The molecule has 0 spiro atoms. The summed E-state index contributed by atoms with van der Waals surface area (Å²) in [5.74, 6) is 0.585. The van der Waals surface area contributed by atoms with Crippen LogP contribution in [0.15, 0.2) is 4.99 Å². The Kier molecular flexibility index (Phi) is 8.99. The van der Waals surface area contributed by atoms with Crippen LogP contribution in [0.4, 0.5) is 0 Å². The third kappa shape index (κ3) is 7.07. The number of halogens is 1. The van der Waals surface area contributed by atoms with Crippen LogP contribution in [0.3, 0.4) is 0 Å². The average Bonchev–Trinajstić information content (AvgIpc) is 2.26. The Morgan fingerprint density at radius 3 is 2.35 bits per heavy atom. The minimum atomic E-state index is -3.42. The maximum Gasteiger partial charge on any atom is 0.210 e. The second kappa shape index (κ2) is 9.04. The van der Waals surface area contributed by atoms with E-state index in [1.54, 1.807) is 0 Å². The number of hydrogen-bond donors (Lipinski definition) is 3. The SMILES string of the molecule is CCNC(=NCC1(CC)CCC1)NCCS(N)(=O)=O.I. The largest absolute Gasteiger partial charge is 0.357 e. The number of nitrogens with two attached hydrogens (primary N) is 1. The van der Waals surface area contributed by atoms with Crippen LogP contribution >= 0.6 is 24.0 Å². The van der Waals surface area contributed by atoms with Crippen LogP contribution in [0, 0.1) is 5.41 Å². The highest BCUT2D eigenvalue weighted by molar-refractivity contribution is 14.0. The van der Waals surface area contributed by atoms with Gasteiger partial charge in [-0.15, -0.1) is 24.0 Å². The van der Waals surface area contributed by atoms with E-state index in [1.165, 1.54) is 19.3 Å². The van der Waals surface area contributed by atoms with Crippen LogP contribution in [-0.4, -0.2) is 39.8 Å². The standard InChI is InChI=1S/C12H26N4O2S.HI/c1-3-12(6-5-7-12)10-16-11(14-4-2)15-8-9-19(13,17)18;/h3-10H2,1-2H3,(H2,13,17,18)(H2,14,15,16);1H. The van der Waals surface area contributed by atoms with Gasteiger partial charge in [0.2, 0.25) is 10.0 Å². The molecule has 1 fully saturated rings. The quantitative estimate of drug-likeness (QED) is 0.327. The summed E-state index contributed by atoms with van der Waals surface area (Å²) in [6, 6.07) is 0. The summed E-state index contributed by atoms with van der Waals surface area (Å²) in [6.07, 6.45) is 4.92. The summed E-state index contributed by atoms with van der Waals surface area (Å²) >= 11 is 0. The van der Waals surface area contributed by atoms with Gasteiger partial charge in [-0.05, 0) is 31.6 Å². The van der Waals surface area contributed by atoms with E-state index in [4.69, 9.17) is 5.14 Å². The molecule has 6 nitrogen and oxygen atoms in total. The molecule has 0 heterocycles. The third-order valence-corrected chi connectivity index (χ3v) is 4.53. The Hall–Kier alpha value is -0.0900. The van der Waals surface area contributed by atoms with Crippen molar-refractivity contribution in [3.63, 3.8) is 0 Å². The third-order valence-electron chi connectivity index (χ3n) is 3.76. The number of guanidine groups is 1. The van der Waals surface area contributed by atoms with E-state index < -0.39 is 10.0 Å². The van der Waals surface area contributed by atoms with Crippen molar-refractivity contribution < 1.29 is 8.42 Å². The van der Waals surface area contributed by atoms with Gasteiger partial charge in [0.15, 0.2) is 5.96 Å². The molecule has 0 unspecified atom stereocenters. The molecule has 0 aromatic heterocycles. The van der Waals surface area contributed by atoms with E-state index in [-0.39, 0.29) is 36.3 Å². The van der Waals surface area contributed by atoms with Crippen molar-refractivity contribution in [1.82, 2.24) is 10.6 Å². The predicted molar refractivity (Wildman–Crippen MR) is 93.9 cm³/mol. The minimum Gasteiger partial charge on any atom is -0.357 e. The molecule has 0 amide bonds. The Balaban J connectivity index is 0.00000361. The fraction of sp³-hybridized carbons (Fsp3) is 0.917. The molecule has 0 radical (unpaired) electrons. The zero-order valence-electron chi connectivity index (χ0n) is 12.3. The second-order valence-electron chi connectivity index (χ2n) is 5.20. The van der Waals surface area contributed by atoms with Gasteiger partial charge < -0.3 is 10.6 Å². The van der Waals surface area contributed by atoms with Crippen molar-refractivity contribution in [3.05, 3.63) is 0 Å². The lowest BCUT2D eigenvalue weighted by atomic mass is 9.67. The van der Waals surface area contributed by atoms with E-state index >= 15 is 0 Å². The highest BCUT2D eigenvalue weighted by Crippen LogP contribution is 2.43. The van der Waals surface area contributed by atoms with Gasteiger partial charge in [-0.3, -0.25) is 4.99 Å². The lowest BCUT2D eigenvalue weighted by Gasteiger charge is -2.40. The maximum atomic E-state index is 10.9. The van der Waals surface area contributed by atoms with E-state index in [0.717, 1.165) is 19.5 Å². The summed E-state index contributed by atoms with van der Waals surface area (Å²) in [5, 5.41) is 11.1. The summed E-state index contributed by atoms with van der Waals surface area (Å²) in [7, 11) is -3.42. The van der Waals surface area contributed by atoms with Gasteiger partial charge in [0.1, 0.15) is 0 Å². The highest BCUT2D eigenvalue weighted by Gasteiger charge is 2.34. The van der Waals surface area contributed by atoms with Crippen molar-refractivity contribution >= 4 is 40.0 Å². The Morgan fingerprint density at radius 1 is 1.30 bits per heavy atom. The van der Waals surface area contributed by atoms with Crippen LogP contribution < -0.4 is 15.8 Å². The van der Waals surface area contributed by atoms with Gasteiger partial charge in [-0.1, -0.05) is 13.3 Å². The fourth-order valence-electron chi connectivity index (χ4n) is 2.20. The number of sulfonamides is 1. The van der Waals surface area contributed by atoms with E-state index in [9.17, 15) is 8.42 Å². The zero-order valence-corrected chi connectivity index (χ0v) is 15.5. The molecule has 0 aromatic carbocycles. The molecule has 8 heteroatoms. The second-order valence-corrected chi connectivity index (χ2v) is 6.93. The van der Waals surface area contributed by atoms with E-state index in [0.29, 0.717) is 11.4 Å². The normalized spacial score (nSPS) is 17.9. The van der Waals surface area contributed by atoms with Crippen LogP contribution in [0.25, 0.3) is 0 Å². The molecule has 1 aliphatic carbocycles. The van der Waals surface area contributed by atoms with Crippen molar-refractivity contribution in [2.24, 2.45) is 15.5 Å². The van der Waals surface area contributed by atoms with Crippen LogP contribution in [0.2, 0.25) is 0 Å². The average molecular weight is 418 g/mol. The summed E-state index contributed by atoms with van der Waals surface area (Å²) in [5.41, 5.74) is 0.363.